The Hall–Kier alpha value is -2.67. The van der Waals surface area contributed by atoms with Crippen LogP contribution in [-0.2, 0) is 20.1 Å². The smallest absolute Gasteiger partial charge is 0.171 e. The Bertz CT molecular complexity index is 862. The van der Waals surface area contributed by atoms with Gasteiger partial charge in [-0.15, -0.1) is 0 Å². The molecule has 0 bridgehead atoms. The molecule has 0 unspecified atom stereocenters. The number of nitrogens with zero attached hydrogens (tertiary/aromatic N) is 4. The van der Waals surface area contributed by atoms with E-state index in [9.17, 15) is 0 Å². The van der Waals surface area contributed by atoms with Gasteiger partial charge in [-0.3, -0.25) is 9.36 Å². The SMILES string of the molecule is Cc1ccc(Cn2cc(NC(=S)NCc3cc(C)nn3C)cn2)cc1. The summed E-state index contributed by atoms with van der Waals surface area (Å²) in [6.07, 6.45) is 3.72. The molecule has 6 nitrogen and oxygen atoms in total. The zero-order valence-electron chi connectivity index (χ0n) is 14.7. The van der Waals surface area contributed by atoms with Crippen LogP contribution in [0.15, 0.2) is 42.7 Å². The molecule has 0 fully saturated rings. The fourth-order valence-electron chi connectivity index (χ4n) is 2.57. The van der Waals surface area contributed by atoms with Gasteiger partial charge in [0.15, 0.2) is 5.11 Å². The third-order valence-electron chi connectivity index (χ3n) is 3.89. The Morgan fingerprint density at radius 2 is 1.96 bits per heavy atom. The molecule has 0 spiro atoms. The first-order valence-corrected chi connectivity index (χ1v) is 8.53. The van der Waals surface area contributed by atoms with E-state index in [0.717, 1.165) is 23.6 Å². The fraction of sp³-hybridized carbons (Fsp3) is 0.278. The van der Waals surface area contributed by atoms with Gasteiger partial charge < -0.3 is 10.6 Å². The lowest BCUT2D eigenvalue weighted by Gasteiger charge is -2.09. The van der Waals surface area contributed by atoms with Crippen LogP contribution in [0.3, 0.4) is 0 Å². The molecule has 0 saturated heterocycles. The molecule has 2 heterocycles. The van der Waals surface area contributed by atoms with Crippen molar-refractivity contribution in [1.82, 2.24) is 24.9 Å². The predicted octanol–water partition coefficient (Wildman–Crippen LogP) is 2.77. The quantitative estimate of drug-likeness (QED) is 0.690. The highest BCUT2D eigenvalue weighted by Crippen LogP contribution is 2.09. The van der Waals surface area contributed by atoms with Gasteiger partial charge in [0.1, 0.15) is 0 Å². The van der Waals surface area contributed by atoms with Crippen LogP contribution in [0.4, 0.5) is 5.69 Å². The zero-order valence-corrected chi connectivity index (χ0v) is 15.5. The Morgan fingerprint density at radius 1 is 1.20 bits per heavy atom. The van der Waals surface area contributed by atoms with E-state index < -0.39 is 0 Å². The van der Waals surface area contributed by atoms with Crippen LogP contribution < -0.4 is 10.6 Å². The van der Waals surface area contributed by atoms with Crippen molar-refractivity contribution in [3.05, 3.63) is 65.2 Å². The number of thiocarbonyl (C=S) groups is 1. The largest absolute Gasteiger partial charge is 0.357 e. The number of rotatable bonds is 5. The number of benzene rings is 1. The molecule has 130 valence electrons. The molecule has 3 aromatic rings. The van der Waals surface area contributed by atoms with Gasteiger partial charge in [-0.2, -0.15) is 10.2 Å². The Morgan fingerprint density at radius 3 is 2.64 bits per heavy atom. The monoisotopic (exact) mass is 354 g/mol. The predicted molar refractivity (Wildman–Crippen MR) is 104 cm³/mol. The second kappa shape index (κ2) is 7.48. The second-order valence-electron chi connectivity index (χ2n) is 6.12. The molecular formula is C18H22N6S. The van der Waals surface area contributed by atoms with Crippen molar-refractivity contribution < 1.29 is 0 Å². The van der Waals surface area contributed by atoms with Gasteiger partial charge in [0.2, 0.25) is 0 Å². The average molecular weight is 354 g/mol. The summed E-state index contributed by atoms with van der Waals surface area (Å²) in [6.45, 7) is 5.42. The maximum atomic E-state index is 5.35. The Kier molecular flexibility index (Phi) is 5.14. The summed E-state index contributed by atoms with van der Waals surface area (Å²) < 4.78 is 3.74. The lowest BCUT2D eigenvalue weighted by molar-refractivity contribution is 0.687. The van der Waals surface area contributed by atoms with E-state index in [-0.39, 0.29) is 0 Å². The second-order valence-corrected chi connectivity index (χ2v) is 6.53. The summed E-state index contributed by atoms with van der Waals surface area (Å²) in [5.74, 6) is 0. The van der Waals surface area contributed by atoms with Gasteiger partial charge in [-0.05, 0) is 37.7 Å². The van der Waals surface area contributed by atoms with E-state index >= 15 is 0 Å². The number of aromatic nitrogens is 4. The molecule has 0 aliphatic rings. The van der Waals surface area contributed by atoms with Crippen LogP contribution in [0.25, 0.3) is 0 Å². The highest BCUT2D eigenvalue weighted by atomic mass is 32.1. The van der Waals surface area contributed by atoms with Crippen LogP contribution in [-0.4, -0.2) is 24.7 Å². The van der Waals surface area contributed by atoms with Gasteiger partial charge in [0, 0.05) is 13.2 Å². The van der Waals surface area contributed by atoms with Gasteiger partial charge in [-0.25, -0.2) is 0 Å². The van der Waals surface area contributed by atoms with Crippen molar-refractivity contribution >= 4 is 23.0 Å². The van der Waals surface area contributed by atoms with Crippen molar-refractivity contribution in [2.45, 2.75) is 26.9 Å². The van der Waals surface area contributed by atoms with Gasteiger partial charge in [-0.1, -0.05) is 29.8 Å². The van der Waals surface area contributed by atoms with Gasteiger partial charge >= 0.3 is 0 Å². The summed E-state index contributed by atoms with van der Waals surface area (Å²) in [6, 6.07) is 10.5. The highest BCUT2D eigenvalue weighted by Gasteiger charge is 2.05. The summed E-state index contributed by atoms with van der Waals surface area (Å²) >= 11 is 5.35. The summed E-state index contributed by atoms with van der Waals surface area (Å²) in [5, 5.41) is 15.6. The minimum Gasteiger partial charge on any atom is -0.357 e. The molecule has 3 rings (SSSR count). The topological polar surface area (TPSA) is 59.7 Å². The number of nitrogens with one attached hydrogen (secondary N) is 2. The maximum Gasteiger partial charge on any atom is 0.171 e. The van der Waals surface area contributed by atoms with E-state index in [2.05, 4.69) is 52.0 Å². The average Bonchev–Trinajstić information content (AvgIpc) is 3.13. The van der Waals surface area contributed by atoms with Crippen LogP contribution in [0.2, 0.25) is 0 Å². The van der Waals surface area contributed by atoms with Crippen LogP contribution in [0, 0.1) is 13.8 Å². The first-order chi connectivity index (χ1) is 12.0. The minimum absolute atomic E-state index is 0.564. The molecular weight excluding hydrogens is 332 g/mol. The van der Waals surface area contributed by atoms with Crippen LogP contribution in [0.1, 0.15) is 22.5 Å². The maximum absolute atomic E-state index is 5.35. The standard InChI is InChI=1S/C18H22N6S/c1-13-4-6-15(7-5-13)11-24-12-16(9-20-24)21-18(25)19-10-17-8-14(2)22-23(17)3/h4-9,12H,10-11H2,1-3H3,(H2,19,21,25). The summed E-state index contributed by atoms with van der Waals surface area (Å²) in [4.78, 5) is 0. The van der Waals surface area contributed by atoms with Crippen molar-refractivity contribution in [3.8, 4) is 0 Å². The highest BCUT2D eigenvalue weighted by molar-refractivity contribution is 7.80. The molecule has 2 aromatic heterocycles. The number of hydrogen-bond donors (Lipinski definition) is 2. The molecule has 7 heteroatoms. The van der Waals surface area contributed by atoms with E-state index in [1.807, 2.05) is 35.6 Å². The molecule has 0 saturated carbocycles. The van der Waals surface area contributed by atoms with E-state index in [0.29, 0.717) is 11.7 Å². The Balaban J connectivity index is 1.53. The summed E-state index contributed by atoms with van der Waals surface area (Å²) in [7, 11) is 1.93. The van der Waals surface area contributed by atoms with Crippen LogP contribution in [0.5, 0.6) is 0 Å². The lowest BCUT2D eigenvalue weighted by Crippen LogP contribution is -2.28. The van der Waals surface area contributed by atoms with Gasteiger partial charge in [0.25, 0.3) is 0 Å². The van der Waals surface area contributed by atoms with E-state index in [1.165, 1.54) is 11.1 Å². The van der Waals surface area contributed by atoms with E-state index in [1.54, 1.807) is 6.20 Å². The third kappa shape index (κ3) is 4.67. The van der Waals surface area contributed by atoms with Crippen molar-refractivity contribution in [1.29, 1.82) is 0 Å². The van der Waals surface area contributed by atoms with Crippen molar-refractivity contribution in [3.63, 3.8) is 0 Å². The van der Waals surface area contributed by atoms with Crippen LogP contribution >= 0.6 is 12.2 Å². The first kappa shape index (κ1) is 17.2. The number of aryl methyl sites for hydroxylation is 3. The molecule has 0 amide bonds. The molecule has 0 aliphatic carbocycles. The third-order valence-corrected chi connectivity index (χ3v) is 4.13. The first-order valence-electron chi connectivity index (χ1n) is 8.12. The van der Waals surface area contributed by atoms with E-state index in [4.69, 9.17) is 12.2 Å². The molecule has 25 heavy (non-hydrogen) atoms. The summed E-state index contributed by atoms with van der Waals surface area (Å²) in [5.41, 5.74) is 5.41. The lowest BCUT2D eigenvalue weighted by atomic mass is 10.1. The molecule has 0 atom stereocenters. The minimum atomic E-state index is 0.564. The Labute approximate surface area is 152 Å². The normalized spacial score (nSPS) is 10.7. The molecule has 0 radical (unpaired) electrons. The van der Waals surface area contributed by atoms with Gasteiger partial charge in [0.05, 0.1) is 36.4 Å². The number of anilines is 1. The molecule has 1 aromatic carbocycles. The molecule has 0 aliphatic heterocycles. The number of hydrogen-bond acceptors (Lipinski definition) is 3. The van der Waals surface area contributed by atoms with Crippen molar-refractivity contribution in [2.75, 3.05) is 5.32 Å². The molecule has 2 N–H and O–H groups in total. The zero-order chi connectivity index (χ0) is 17.8. The fourth-order valence-corrected chi connectivity index (χ4v) is 2.76. The van der Waals surface area contributed by atoms with Crippen molar-refractivity contribution in [2.24, 2.45) is 7.05 Å².